The number of hydrogen-bond donors (Lipinski definition) is 2. The molecule has 2 fully saturated rings. The second-order valence-corrected chi connectivity index (χ2v) is 10.8. The molecule has 0 radical (unpaired) electrons. The monoisotopic (exact) mass is 553 g/mol. The van der Waals surface area contributed by atoms with Crippen LogP contribution in [0.3, 0.4) is 0 Å². The van der Waals surface area contributed by atoms with Gasteiger partial charge in [0.1, 0.15) is 23.1 Å². The Labute approximate surface area is 238 Å². The lowest BCUT2D eigenvalue weighted by Crippen LogP contribution is -2.43. The molecule has 2 aliphatic heterocycles. The minimum atomic E-state index is -0.255. The number of piperidine rings is 1. The zero-order valence-corrected chi connectivity index (χ0v) is 23.2. The molecule has 210 valence electrons. The van der Waals surface area contributed by atoms with Crippen LogP contribution in [0.25, 0.3) is 0 Å². The molecular weight excluding hydrogens is 522 g/mol. The first-order chi connectivity index (χ1) is 19.8. The maximum absolute atomic E-state index is 13.1. The predicted molar refractivity (Wildman–Crippen MR) is 151 cm³/mol. The zero-order chi connectivity index (χ0) is 28.7. The number of nitriles is 1. The van der Waals surface area contributed by atoms with E-state index in [2.05, 4.69) is 38.6 Å². The fourth-order valence-corrected chi connectivity index (χ4v) is 5.65. The van der Waals surface area contributed by atoms with Crippen molar-refractivity contribution in [3.8, 4) is 23.4 Å². The molecule has 1 saturated carbocycles. The maximum Gasteiger partial charge on any atom is 0.258 e. The molecule has 1 saturated heterocycles. The summed E-state index contributed by atoms with van der Waals surface area (Å²) in [5.41, 5.74) is 2.33. The van der Waals surface area contributed by atoms with Crippen LogP contribution in [0.1, 0.15) is 57.5 Å². The number of nitrogens with one attached hydrogen (secondary N) is 2. The second kappa shape index (κ2) is 10.4. The molecule has 2 aromatic carbocycles. The molecule has 2 N–H and O–H groups in total. The van der Waals surface area contributed by atoms with Gasteiger partial charge in [-0.3, -0.25) is 9.59 Å². The molecule has 0 unspecified atom stereocenters. The van der Waals surface area contributed by atoms with Crippen LogP contribution >= 0.6 is 0 Å². The molecule has 0 atom stereocenters. The normalized spacial score (nSPS) is 17.6. The van der Waals surface area contributed by atoms with E-state index in [1.165, 1.54) is 13.3 Å². The maximum atomic E-state index is 13.1. The number of nitrogens with zero attached hydrogens (tertiary/aromatic N) is 5. The number of fused-ring (bicyclic) bond motifs is 2. The Balaban J connectivity index is 1.22. The van der Waals surface area contributed by atoms with Gasteiger partial charge in [0.2, 0.25) is 11.8 Å². The van der Waals surface area contributed by atoms with E-state index in [-0.39, 0.29) is 40.8 Å². The quantitative estimate of drug-likeness (QED) is 0.448. The van der Waals surface area contributed by atoms with Crippen LogP contribution in [-0.4, -0.2) is 71.9 Å². The Bertz CT molecular complexity index is 1570. The summed E-state index contributed by atoms with van der Waals surface area (Å²) in [7, 11) is 5.41. The van der Waals surface area contributed by atoms with Gasteiger partial charge in [-0.05, 0) is 75.6 Å². The van der Waals surface area contributed by atoms with Crippen molar-refractivity contribution in [3.05, 3.63) is 64.8 Å². The molecule has 3 aliphatic rings. The van der Waals surface area contributed by atoms with Crippen LogP contribution in [0, 0.1) is 11.3 Å². The highest BCUT2D eigenvalue weighted by Crippen LogP contribution is 2.57. The van der Waals surface area contributed by atoms with E-state index in [1.807, 2.05) is 19.2 Å². The number of hydrogen-bond acceptors (Lipinski definition) is 9. The fraction of sp³-hybridized carbons (Fsp3) is 0.367. The molecule has 0 bridgehead atoms. The third-order valence-electron chi connectivity index (χ3n) is 8.26. The predicted octanol–water partition coefficient (Wildman–Crippen LogP) is 3.79. The summed E-state index contributed by atoms with van der Waals surface area (Å²) >= 11 is 0. The van der Waals surface area contributed by atoms with Gasteiger partial charge in [-0.1, -0.05) is 12.1 Å². The van der Waals surface area contributed by atoms with Crippen molar-refractivity contribution in [1.82, 2.24) is 25.1 Å². The first kappa shape index (κ1) is 26.5. The molecule has 3 aromatic rings. The fourth-order valence-electron chi connectivity index (χ4n) is 5.65. The molecule has 1 aromatic heterocycles. The van der Waals surface area contributed by atoms with Crippen LogP contribution in [0.15, 0.2) is 42.6 Å². The number of benzene rings is 2. The Morgan fingerprint density at radius 2 is 1.93 bits per heavy atom. The number of carbonyl (C=O) groups excluding carboxylic acids is 2. The average Bonchev–Trinajstić information content (AvgIpc) is 3.76. The lowest BCUT2D eigenvalue weighted by molar-refractivity contribution is 0.0753. The number of ether oxygens (including phenoxy) is 2. The van der Waals surface area contributed by atoms with Crippen molar-refractivity contribution in [1.29, 1.82) is 5.26 Å². The topological polar surface area (TPSA) is 133 Å². The molecular formula is C30H31N7O4. The smallest absolute Gasteiger partial charge is 0.258 e. The number of amides is 2. The minimum Gasteiger partial charge on any atom is -0.495 e. The van der Waals surface area contributed by atoms with Gasteiger partial charge in [-0.15, -0.1) is 0 Å². The van der Waals surface area contributed by atoms with E-state index in [4.69, 9.17) is 9.47 Å². The molecule has 1 spiro atoms. The Morgan fingerprint density at radius 3 is 2.63 bits per heavy atom. The SMILES string of the molecule is COc1cc(C(=O)NC2CCN(C)CC2)ccc1Nc1ncc(C#N)c(Oc2cccc3c2C(=O)N(C)C32CC2)n1. The van der Waals surface area contributed by atoms with Crippen LogP contribution in [0.5, 0.6) is 17.4 Å². The Hall–Kier alpha value is -4.69. The largest absolute Gasteiger partial charge is 0.495 e. The van der Waals surface area contributed by atoms with Crippen molar-refractivity contribution >= 4 is 23.5 Å². The first-order valence-electron chi connectivity index (χ1n) is 13.6. The number of methoxy groups -OCH3 is 1. The summed E-state index contributed by atoms with van der Waals surface area (Å²) < 4.78 is 11.6. The van der Waals surface area contributed by atoms with E-state index < -0.39 is 0 Å². The number of carbonyl (C=O) groups is 2. The van der Waals surface area contributed by atoms with E-state index in [0.717, 1.165) is 44.3 Å². The summed E-state index contributed by atoms with van der Waals surface area (Å²) in [5.74, 6) is 0.707. The van der Waals surface area contributed by atoms with Crippen LogP contribution in [0.4, 0.5) is 11.6 Å². The number of anilines is 2. The van der Waals surface area contributed by atoms with E-state index >= 15 is 0 Å². The first-order valence-corrected chi connectivity index (χ1v) is 13.6. The summed E-state index contributed by atoms with van der Waals surface area (Å²) in [6.07, 6.45) is 5.02. The summed E-state index contributed by atoms with van der Waals surface area (Å²) in [4.78, 5) is 38.7. The third-order valence-corrected chi connectivity index (χ3v) is 8.26. The van der Waals surface area contributed by atoms with Gasteiger partial charge in [0.05, 0.1) is 30.1 Å². The molecule has 11 nitrogen and oxygen atoms in total. The van der Waals surface area contributed by atoms with Gasteiger partial charge in [0, 0.05) is 18.7 Å². The Kier molecular flexibility index (Phi) is 6.71. The third kappa shape index (κ3) is 4.80. The highest BCUT2D eigenvalue weighted by atomic mass is 16.5. The van der Waals surface area contributed by atoms with Crippen molar-refractivity contribution < 1.29 is 19.1 Å². The molecule has 6 rings (SSSR count). The zero-order valence-electron chi connectivity index (χ0n) is 23.2. The standard InChI is InChI=1S/C30H31N7O4/c1-36-13-9-20(10-14-36)33-26(38)18-7-8-22(24(15-18)40-3)34-29-32-17-19(16-31)27(35-29)41-23-6-4-5-21-25(23)28(39)37(2)30(21)11-12-30/h4-8,15,17,20H,9-14H2,1-3H3,(H,33,38)(H,32,34,35). The molecule has 3 heterocycles. The molecule has 41 heavy (non-hydrogen) atoms. The highest BCUT2D eigenvalue weighted by Gasteiger charge is 2.57. The Morgan fingerprint density at radius 1 is 1.15 bits per heavy atom. The number of likely N-dealkylation sites (tertiary alicyclic amines) is 1. The van der Waals surface area contributed by atoms with Crippen LogP contribution in [-0.2, 0) is 5.54 Å². The average molecular weight is 554 g/mol. The van der Waals surface area contributed by atoms with Crippen LogP contribution in [0.2, 0.25) is 0 Å². The minimum absolute atomic E-state index is 0.0266. The van der Waals surface area contributed by atoms with Crippen molar-refractivity contribution in [2.24, 2.45) is 0 Å². The number of aromatic nitrogens is 2. The lowest BCUT2D eigenvalue weighted by atomic mass is 10.0. The van der Waals surface area contributed by atoms with E-state index in [0.29, 0.717) is 28.3 Å². The molecule has 2 amide bonds. The van der Waals surface area contributed by atoms with Crippen molar-refractivity contribution in [2.75, 3.05) is 39.6 Å². The van der Waals surface area contributed by atoms with Gasteiger partial charge in [-0.2, -0.15) is 10.2 Å². The summed E-state index contributed by atoms with van der Waals surface area (Å²) in [5, 5.41) is 15.9. The van der Waals surface area contributed by atoms with Crippen molar-refractivity contribution in [2.45, 2.75) is 37.3 Å². The van der Waals surface area contributed by atoms with E-state index in [9.17, 15) is 14.9 Å². The molecule has 11 heteroatoms. The highest BCUT2D eigenvalue weighted by molar-refractivity contribution is 6.03. The summed E-state index contributed by atoms with van der Waals surface area (Å²) in [6.45, 7) is 1.91. The van der Waals surface area contributed by atoms with Gasteiger partial charge in [0.25, 0.3) is 11.8 Å². The van der Waals surface area contributed by atoms with Gasteiger partial charge >= 0.3 is 0 Å². The second-order valence-electron chi connectivity index (χ2n) is 10.8. The van der Waals surface area contributed by atoms with Gasteiger partial charge < -0.3 is 29.9 Å². The lowest BCUT2D eigenvalue weighted by Gasteiger charge is -2.29. The van der Waals surface area contributed by atoms with Gasteiger partial charge in [0.15, 0.2) is 0 Å². The van der Waals surface area contributed by atoms with E-state index in [1.54, 1.807) is 29.2 Å². The van der Waals surface area contributed by atoms with Gasteiger partial charge in [-0.25, -0.2) is 4.98 Å². The van der Waals surface area contributed by atoms with Crippen LogP contribution < -0.4 is 20.1 Å². The van der Waals surface area contributed by atoms with Crippen molar-refractivity contribution in [3.63, 3.8) is 0 Å². The number of rotatable bonds is 7. The summed E-state index contributed by atoms with van der Waals surface area (Å²) in [6, 6.07) is 12.8. The molecule has 1 aliphatic carbocycles.